The third-order valence-corrected chi connectivity index (χ3v) is 2.43. The van der Waals surface area contributed by atoms with Gasteiger partial charge in [0.1, 0.15) is 5.75 Å². The van der Waals surface area contributed by atoms with Crippen LogP contribution in [0.4, 0.5) is 11.4 Å². The van der Waals surface area contributed by atoms with Gasteiger partial charge in [-0.2, -0.15) is 0 Å². The minimum Gasteiger partial charge on any atom is -0.497 e. The van der Waals surface area contributed by atoms with E-state index in [9.17, 15) is 4.79 Å². The Bertz CT molecular complexity index is 570. The molecule has 0 aliphatic heterocycles. The SMILES string of the molecule is COc1cccc(NC(=O)c2cnccc2N)c1. The van der Waals surface area contributed by atoms with Crippen LogP contribution in [-0.2, 0) is 0 Å². The maximum absolute atomic E-state index is 12.0. The molecular formula is C13H13N3O2. The van der Waals surface area contributed by atoms with E-state index in [1.165, 1.54) is 12.4 Å². The second kappa shape index (κ2) is 5.18. The molecule has 0 aliphatic rings. The molecule has 1 amide bonds. The van der Waals surface area contributed by atoms with Crippen LogP contribution < -0.4 is 15.8 Å². The molecule has 92 valence electrons. The molecule has 1 aromatic heterocycles. The Morgan fingerprint density at radius 3 is 2.94 bits per heavy atom. The molecule has 0 saturated heterocycles. The third kappa shape index (κ3) is 2.57. The van der Waals surface area contributed by atoms with E-state index < -0.39 is 0 Å². The van der Waals surface area contributed by atoms with Crippen LogP contribution in [-0.4, -0.2) is 18.0 Å². The number of carbonyl (C=O) groups excluding carboxylic acids is 1. The summed E-state index contributed by atoms with van der Waals surface area (Å²) in [6, 6.07) is 8.67. The summed E-state index contributed by atoms with van der Waals surface area (Å²) in [6.45, 7) is 0. The van der Waals surface area contributed by atoms with Crippen LogP contribution in [0, 0.1) is 0 Å². The number of nitrogens with one attached hydrogen (secondary N) is 1. The molecule has 0 bridgehead atoms. The predicted molar refractivity (Wildman–Crippen MR) is 69.6 cm³/mol. The van der Waals surface area contributed by atoms with E-state index >= 15 is 0 Å². The van der Waals surface area contributed by atoms with Crippen LogP contribution in [0.1, 0.15) is 10.4 Å². The second-order valence-electron chi connectivity index (χ2n) is 3.65. The average Bonchev–Trinajstić information content (AvgIpc) is 2.39. The van der Waals surface area contributed by atoms with Gasteiger partial charge in [0.25, 0.3) is 5.91 Å². The van der Waals surface area contributed by atoms with Gasteiger partial charge >= 0.3 is 0 Å². The van der Waals surface area contributed by atoms with E-state index in [1.807, 2.05) is 0 Å². The lowest BCUT2D eigenvalue weighted by Gasteiger charge is -2.08. The molecule has 0 fully saturated rings. The molecule has 5 heteroatoms. The Labute approximate surface area is 105 Å². The van der Waals surface area contributed by atoms with Gasteiger partial charge in [-0.3, -0.25) is 9.78 Å². The van der Waals surface area contributed by atoms with E-state index in [1.54, 1.807) is 37.4 Å². The summed E-state index contributed by atoms with van der Waals surface area (Å²) in [5.74, 6) is 0.376. The number of nitrogens with zero attached hydrogens (tertiary/aromatic N) is 1. The highest BCUT2D eigenvalue weighted by Gasteiger charge is 2.09. The van der Waals surface area contributed by atoms with Crippen molar-refractivity contribution in [3.05, 3.63) is 48.3 Å². The predicted octanol–water partition coefficient (Wildman–Crippen LogP) is 1.92. The standard InChI is InChI=1S/C13H13N3O2/c1-18-10-4-2-3-9(7-10)16-13(17)11-8-15-6-5-12(11)14/h2-8H,1H3,(H2,14,15)(H,16,17). The minimum atomic E-state index is -0.297. The van der Waals surface area contributed by atoms with Gasteiger partial charge < -0.3 is 15.8 Å². The van der Waals surface area contributed by atoms with Crippen molar-refractivity contribution in [3.63, 3.8) is 0 Å². The molecular weight excluding hydrogens is 230 g/mol. The Morgan fingerprint density at radius 2 is 2.22 bits per heavy atom. The lowest BCUT2D eigenvalue weighted by Crippen LogP contribution is -2.14. The van der Waals surface area contributed by atoms with Crippen molar-refractivity contribution in [2.75, 3.05) is 18.2 Å². The molecule has 0 atom stereocenters. The first kappa shape index (κ1) is 11.9. The Morgan fingerprint density at radius 1 is 1.39 bits per heavy atom. The zero-order valence-electron chi connectivity index (χ0n) is 9.88. The Balaban J connectivity index is 2.19. The summed E-state index contributed by atoms with van der Waals surface area (Å²) in [7, 11) is 1.57. The fraction of sp³-hybridized carbons (Fsp3) is 0.0769. The maximum Gasteiger partial charge on any atom is 0.259 e. The summed E-state index contributed by atoms with van der Waals surface area (Å²) in [5.41, 5.74) is 7.09. The highest BCUT2D eigenvalue weighted by atomic mass is 16.5. The number of nitrogen functional groups attached to an aromatic ring is 1. The maximum atomic E-state index is 12.0. The highest BCUT2D eigenvalue weighted by molar-refractivity contribution is 6.07. The van der Waals surface area contributed by atoms with Crippen LogP contribution in [0.2, 0.25) is 0 Å². The second-order valence-corrected chi connectivity index (χ2v) is 3.65. The number of rotatable bonds is 3. The van der Waals surface area contributed by atoms with E-state index in [0.717, 1.165) is 0 Å². The largest absolute Gasteiger partial charge is 0.497 e. The summed E-state index contributed by atoms with van der Waals surface area (Å²) >= 11 is 0. The van der Waals surface area contributed by atoms with Gasteiger partial charge in [-0.25, -0.2) is 0 Å². The number of hydrogen-bond acceptors (Lipinski definition) is 4. The van der Waals surface area contributed by atoms with Gasteiger partial charge in [0.15, 0.2) is 0 Å². The number of methoxy groups -OCH3 is 1. The zero-order chi connectivity index (χ0) is 13.0. The quantitative estimate of drug-likeness (QED) is 0.863. The van der Waals surface area contributed by atoms with Crippen LogP contribution in [0.5, 0.6) is 5.75 Å². The van der Waals surface area contributed by atoms with Crippen molar-refractivity contribution in [2.45, 2.75) is 0 Å². The van der Waals surface area contributed by atoms with Crippen molar-refractivity contribution < 1.29 is 9.53 Å². The first-order valence-electron chi connectivity index (χ1n) is 5.35. The Hall–Kier alpha value is -2.56. The molecule has 0 aliphatic carbocycles. The highest BCUT2D eigenvalue weighted by Crippen LogP contribution is 2.18. The molecule has 18 heavy (non-hydrogen) atoms. The molecule has 0 unspecified atom stereocenters. The van der Waals surface area contributed by atoms with Gasteiger partial charge in [-0.15, -0.1) is 0 Å². The molecule has 3 N–H and O–H groups in total. The van der Waals surface area contributed by atoms with Crippen molar-refractivity contribution in [3.8, 4) is 5.75 Å². The van der Waals surface area contributed by atoms with Gasteiger partial charge in [-0.1, -0.05) is 6.07 Å². The van der Waals surface area contributed by atoms with Crippen molar-refractivity contribution in [1.29, 1.82) is 0 Å². The first-order chi connectivity index (χ1) is 8.70. The fourth-order valence-electron chi connectivity index (χ4n) is 1.49. The Kier molecular flexibility index (Phi) is 3.43. The number of nitrogens with two attached hydrogens (primary N) is 1. The van der Waals surface area contributed by atoms with Crippen molar-refractivity contribution in [2.24, 2.45) is 0 Å². The first-order valence-corrected chi connectivity index (χ1v) is 5.35. The molecule has 0 radical (unpaired) electrons. The number of carbonyl (C=O) groups is 1. The molecule has 0 saturated carbocycles. The molecule has 5 nitrogen and oxygen atoms in total. The topological polar surface area (TPSA) is 77.2 Å². The molecule has 1 aromatic carbocycles. The zero-order valence-corrected chi connectivity index (χ0v) is 9.88. The van der Waals surface area contributed by atoms with Crippen LogP contribution in [0.3, 0.4) is 0 Å². The number of pyridine rings is 1. The lowest BCUT2D eigenvalue weighted by atomic mass is 10.2. The number of hydrogen-bond donors (Lipinski definition) is 2. The normalized spacial score (nSPS) is 9.83. The molecule has 1 heterocycles. The van der Waals surface area contributed by atoms with Crippen molar-refractivity contribution >= 4 is 17.3 Å². The number of amides is 1. The average molecular weight is 243 g/mol. The number of aromatic nitrogens is 1. The fourth-order valence-corrected chi connectivity index (χ4v) is 1.49. The molecule has 2 aromatic rings. The summed E-state index contributed by atoms with van der Waals surface area (Å²) in [6.07, 6.45) is 2.97. The lowest BCUT2D eigenvalue weighted by molar-refractivity contribution is 0.102. The van der Waals surface area contributed by atoms with Gasteiger partial charge in [-0.05, 0) is 18.2 Å². The summed E-state index contributed by atoms with van der Waals surface area (Å²) in [4.78, 5) is 15.8. The van der Waals surface area contributed by atoms with Gasteiger partial charge in [0, 0.05) is 29.8 Å². The van der Waals surface area contributed by atoms with Gasteiger partial charge in [0.2, 0.25) is 0 Å². The minimum absolute atomic E-state index is 0.297. The number of benzene rings is 1. The number of anilines is 2. The monoisotopic (exact) mass is 243 g/mol. The molecule has 2 rings (SSSR count). The third-order valence-electron chi connectivity index (χ3n) is 2.43. The van der Waals surface area contributed by atoms with E-state index in [2.05, 4.69) is 10.3 Å². The van der Waals surface area contributed by atoms with E-state index in [4.69, 9.17) is 10.5 Å². The molecule has 0 spiro atoms. The van der Waals surface area contributed by atoms with Crippen LogP contribution in [0.15, 0.2) is 42.7 Å². The van der Waals surface area contributed by atoms with Crippen molar-refractivity contribution in [1.82, 2.24) is 4.98 Å². The smallest absolute Gasteiger partial charge is 0.259 e. The summed E-state index contributed by atoms with van der Waals surface area (Å²) < 4.78 is 5.08. The summed E-state index contributed by atoms with van der Waals surface area (Å²) in [5, 5.41) is 2.73. The van der Waals surface area contributed by atoms with Crippen LogP contribution >= 0.6 is 0 Å². The number of ether oxygens (including phenoxy) is 1. The van der Waals surface area contributed by atoms with E-state index in [0.29, 0.717) is 22.7 Å². The van der Waals surface area contributed by atoms with E-state index in [-0.39, 0.29) is 5.91 Å². The van der Waals surface area contributed by atoms with Gasteiger partial charge in [0.05, 0.1) is 12.7 Å². The van der Waals surface area contributed by atoms with Crippen LogP contribution in [0.25, 0.3) is 0 Å².